The molecule has 7 atom stereocenters. The molecule has 0 aliphatic carbocycles. The van der Waals surface area contributed by atoms with Crippen molar-refractivity contribution < 1.29 is 19.5 Å². The van der Waals surface area contributed by atoms with Gasteiger partial charge in [0.05, 0.1) is 39.9 Å². The van der Waals surface area contributed by atoms with Crippen molar-refractivity contribution in [2.75, 3.05) is 29.5 Å². The van der Waals surface area contributed by atoms with Crippen molar-refractivity contribution in [3.8, 4) is 0 Å². The summed E-state index contributed by atoms with van der Waals surface area (Å²) in [4.78, 5) is 48.7. The van der Waals surface area contributed by atoms with E-state index in [9.17, 15) is 19.5 Å². The Bertz CT molecular complexity index is 1420. The van der Waals surface area contributed by atoms with Crippen LogP contribution in [0.5, 0.6) is 0 Å². The van der Waals surface area contributed by atoms with Gasteiger partial charge in [-0.3, -0.25) is 14.4 Å². The summed E-state index contributed by atoms with van der Waals surface area (Å²) in [7, 11) is 0. The number of aliphatic hydroxyl groups is 1. The summed E-state index contributed by atoms with van der Waals surface area (Å²) in [5.74, 6) is -2.08. The van der Waals surface area contributed by atoms with Crippen LogP contribution in [-0.2, 0) is 14.4 Å². The quantitative estimate of drug-likeness (QED) is 0.499. The van der Waals surface area contributed by atoms with Crippen LogP contribution in [0.4, 0.5) is 11.4 Å². The van der Waals surface area contributed by atoms with Gasteiger partial charge in [-0.1, -0.05) is 86.5 Å². The van der Waals surface area contributed by atoms with Gasteiger partial charge < -0.3 is 19.8 Å². The van der Waals surface area contributed by atoms with Crippen LogP contribution in [0.25, 0.3) is 0 Å². The summed E-state index contributed by atoms with van der Waals surface area (Å²) in [6, 6.07) is 15.2. The summed E-state index contributed by atoms with van der Waals surface area (Å²) < 4.78 is -0.972. The Morgan fingerprint density at radius 3 is 2.39 bits per heavy atom. The first-order valence-corrected chi connectivity index (χ1v) is 15.5. The van der Waals surface area contributed by atoms with E-state index in [1.165, 1.54) is 11.8 Å². The van der Waals surface area contributed by atoms with E-state index in [2.05, 4.69) is 0 Å². The Balaban J connectivity index is 1.49. The number of aliphatic hydroxyl groups excluding tert-OH is 1. The molecule has 6 rings (SSSR count). The number of likely N-dealkylation sites (tertiary alicyclic amines) is 1. The molecule has 1 spiro atoms. The van der Waals surface area contributed by atoms with E-state index in [-0.39, 0.29) is 35.5 Å². The van der Waals surface area contributed by atoms with Crippen molar-refractivity contribution in [1.29, 1.82) is 0 Å². The highest BCUT2D eigenvalue weighted by molar-refractivity contribution is 8.02. The molecular formula is C32H34ClN3O4S. The highest BCUT2D eigenvalue weighted by atomic mass is 35.5. The Morgan fingerprint density at radius 1 is 0.976 bits per heavy atom. The van der Waals surface area contributed by atoms with Gasteiger partial charge in [0.2, 0.25) is 11.8 Å². The smallest absolute Gasteiger partial charge is 0.251 e. The molecule has 4 aliphatic heterocycles. The topological polar surface area (TPSA) is 81.2 Å². The monoisotopic (exact) mass is 591 g/mol. The molecule has 4 aliphatic rings. The number of hydrogen-bond acceptors (Lipinski definition) is 5. The highest BCUT2D eigenvalue weighted by Crippen LogP contribution is 2.62. The predicted molar refractivity (Wildman–Crippen MR) is 163 cm³/mol. The number of nitrogens with zero attached hydrogens (tertiary/aromatic N) is 3. The molecule has 2 fully saturated rings. The minimum absolute atomic E-state index is 0.0556. The molecule has 7 nitrogen and oxygen atoms in total. The van der Waals surface area contributed by atoms with Crippen LogP contribution in [-0.4, -0.2) is 69.5 Å². The van der Waals surface area contributed by atoms with Crippen molar-refractivity contribution >= 4 is 52.5 Å². The molecule has 0 bridgehead atoms. The zero-order chi connectivity index (χ0) is 28.9. The van der Waals surface area contributed by atoms with Crippen molar-refractivity contribution in [3.05, 3.63) is 83.9 Å². The molecule has 0 aromatic heterocycles. The summed E-state index contributed by atoms with van der Waals surface area (Å²) >= 11 is 8.10. The van der Waals surface area contributed by atoms with Gasteiger partial charge in [-0.2, -0.15) is 0 Å². The van der Waals surface area contributed by atoms with E-state index in [1.807, 2.05) is 80.6 Å². The van der Waals surface area contributed by atoms with Crippen molar-refractivity contribution in [1.82, 2.24) is 4.90 Å². The maximum Gasteiger partial charge on any atom is 0.251 e. The van der Waals surface area contributed by atoms with Crippen LogP contribution in [0, 0.1) is 17.8 Å². The van der Waals surface area contributed by atoms with Crippen LogP contribution >= 0.6 is 23.4 Å². The Labute approximate surface area is 249 Å². The van der Waals surface area contributed by atoms with E-state index in [0.717, 1.165) is 12.1 Å². The number of halogens is 1. The number of rotatable bonds is 6. The van der Waals surface area contributed by atoms with Crippen LogP contribution in [0.1, 0.15) is 20.3 Å². The molecule has 2 saturated heterocycles. The zero-order valence-corrected chi connectivity index (χ0v) is 24.7. The van der Waals surface area contributed by atoms with Gasteiger partial charge >= 0.3 is 0 Å². The third-order valence-electron chi connectivity index (χ3n) is 9.15. The number of benzene rings is 2. The van der Waals surface area contributed by atoms with E-state index in [4.69, 9.17) is 11.6 Å². The van der Waals surface area contributed by atoms with E-state index >= 15 is 0 Å². The van der Waals surface area contributed by atoms with Crippen LogP contribution in [0.15, 0.2) is 78.9 Å². The Morgan fingerprint density at radius 2 is 1.68 bits per heavy atom. The number of hydrogen-bond donors (Lipinski definition) is 1. The molecule has 41 heavy (non-hydrogen) atoms. The minimum Gasteiger partial charge on any atom is -0.394 e. The normalized spacial score (nSPS) is 30.5. The zero-order valence-electron chi connectivity index (χ0n) is 23.1. The number of amides is 3. The average molecular weight is 592 g/mol. The van der Waals surface area contributed by atoms with Gasteiger partial charge in [-0.25, -0.2) is 0 Å². The fourth-order valence-corrected chi connectivity index (χ4v) is 9.21. The number of thioether (sulfide) groups is 1. The number of anilines is 2. The number of fused-ring (bicyclic) bond motifs is 2. The first-order chi connectivity index (χ1) is 19.8. The van der Waals surface area contributed by atoms with Gasteiger partial charge in [0, 0.05) is 24.0 Å². The fourth-order valence-electron chi connectivity index (χ4n) is 6.97. The van der Waals surface area contributed by atoms with Gasteiger partial charge in [0.15, 0.2) is 0 Å². The molecule has 2 aromatic carbocycles. The predicted octanol–water partition coefficient (Wildman–Crippen LogP) is 4.55. The molecule has 9 heteroatoms. The molecule has 3 amide bonds. The summed E-state index contributed by atoms with van der Waals surface area (Å²) in [5, 5.41) is 10.8. The van der Waals surface area contributed by atoms with Crippen LogP contribution in [0.2, 0.25) is 5.02 Å². The minimum atomic E-state index is -0.972. The third kappa shape index (κ3) is 4.34. The molecule has 214 valence electrons. The number of carbonyl (C=O) groups excluding carboxylic acids is 3. The Kier molecular flexibility index (Phi) is 7.51. The molecule has 0 radical (unpaired) electrons. The maximum absolute atomic E-state index is 14.7. The molecule has 4 heterocycles. The molecule has 0 saturated carbocycles. The lowest BCUT2D eigenvalue weighted by atomic mass is 9.78. The first kappa shape index (κ1) is 28.1. The van der Waals surface area contributed by atoms with Crippen molar-refractivity contribution in [2.45, 2.75) is 42.3 Å². The largest absolute Gasteiger partial charge is 0.394 e. The van der Waals surface area contributed by atoms with Gasteiger partial charge in [-0.05, 0) is 30.2 Å². The van der Waals surface area contributed by atoms with E-state index < -0.39 is 28.7 Å². The summed E-state index contributed by atoms with van der Waals surface area (Å²) in [6.07, 6.45) is 8.67. The SMILES string of the molecule is CC[C@H](C)[C@H](CO)N1C(=O)[C@@H]2[C@@H]3C(=O)N(c4ccccc4)CC=C[C@@H]3S[C@@]23C=CCN(c2ccccc2Cl)C(=O)C13. The van der Waals surface area contributed by atoms with Crippen molar-refractivity contribution in [3.63, 3.8) is 0 Å². The van der Waals surface area contributed by atoms with Gasteiger partial charge in [0.1, 0.15) is 6.04 Å². The molecule has 1 unspecified atom stereocenters. The lowest BCUT2D eigenvalue weighted by molar-refractivity contribution is -0.142. The Hall–Kier alpha value is -3.07. The van der Waals surface area contributed by atoms with Gasteiger partial charge in [0.25, 0.3) is 5.91 Å². The van der Waals surface area contributed by atoms with Crippen LogP contribution in [0.3, 0.4) is 0 Å². The fraction of sp³-hybridized carbons (Fsp3) is 0.406. The summed E-state index contributed by atoms with van der Waals surface area (Å²) in [5.41, 5.74) is 1.35. The van der Waals surface area contributed by atoms with E-state index in [1.54, 1.807) is 26.8 Å². The highest BCUT2D eigenvalue weighted by Gasteiger charge is 2.72. The number of para-hydroxylation sites is 2. The van der Waals surface area contributed by atoms with Crippen molar-refractivity contribution in [2.24, 2.45) is 17.8 Å². The van der Waals surface area contributed by atoms with Gasteiger partial charge in [-0.15, -0.1) is 11.8 Å². The first-order valence-electron chi connectivity index (χ1n) is 14.2. The second kappa shape index (κ2) is 11.0. The second-order valence-corrected chi connectivity index (χ2v) is 13.1. The standard InChI is InChI=1S/C32H34ClN3O4S/c1-3-20(2)24(19-37)36-28-31(40)35(23-14-8-7-13-22(23)33)18-10-16-32(28)27(30(36)39)26-25(41-32)15-9-17-34(29(26)38)21-11-5-4-6-12-21/h4-16,20,24-28,37H,3,17-19H2,1-2H3/t20-,24-,25-,26+,27-,28?,32-/m0/s1. The average Bonchev–Trinajstić information content (AvgIpc) is 3.30. The maximum atomic E-state index is 14.7. The molecule has 1 N–H and O–H groups in total. The second-order valence-electron chi connectivity index (χ2n) is 11.2. The third-order valence-corrected chi connectivity index (χ3v) is 11.2. The lowest BCUT2D eigenvalue weighted by Crippen LogP contribution is -2.58. The molecule has 2 aromatic rings. The molecular weight excluding hydrogens is 558 g/mol. The van der Waals surface area contributed by atoms with Crippen LogP contribution < -0.4 is 9.80 Å². The number of carbonyl (C=O) groups is 3. The summed E-state index contributed by atoms with van der Waals surface area (Å²) in [6.45, 7) is 4.44. The van der Waals surface area contributed by atoms with E-state index in [0.29, 0.717) is 23.8 Å². The lowest BCUT2D eigenvalue weighted by Gasteiger charge is -2.40.